The van der Waals surface area contributed by atoms with Crippen LogP contribution in [0.2, 0.25) is 0 Å². The van der Waals surface area contributed by atoms with Crippen LogP contribution in [0.1, 0.15) is 31.7 Å². The number of hydrogen-bond donors (Lipinski definition) is 0. The van der Waals surface area contributed by atoms with Gasteiger partial charge in [-0.3, -0.25) is 9.59 Å². The fourth-order valence-corrected chi connectivity index (χ4v) is 3.96. The van der Waals surface area contributed by atoms with Gasteiger partial charge in [-0.1, -0.05) is 30.3 Å². The number of rotatable bonds is 2. The number of nitrogens with zero attached hydrogens (tertiary/aromatic N) is 1. The fourth-order valence-electron chi connectivity index (χ4n) is 3.96. The normalized spacial score (nSPS) is 29.4. The van der Waals surface area contributed by atoms with Gasteiger partial charge >= 0.3 is 0 Å². The molecule has 1 amide bonds. The highest BCUT2D eigenvalue weighted by molar-refractivity contribution is 5.83. The molecule has 0 bridgehead atoms. The Morgan fingerprint density at radius 1 is 1.25 bits per heavy atom. The van der Waals surface area contributed by atoms with Crippen LogP contribution in [-0.2, 0) is 16.0 Å². The summed E-state index contributed by atoms with van der Waals surface area (Å²) in [5, 5.41) is 0. The highest BCUT2D eigenvalue weighted by Crippen LogP contribution is 2.40. The van der Waals surface area contributed by atoms with Crippen molar-refractivity contribution >= 4 is 11.7 Å². The highest BCUT2D eigenvalue weighted by Gasteiger charge is 2.45. The minimum Gasteiger partial charge on any atom is -0.340 e. The Morgan fingerprint density at radius 2 is 2.00 bits per heavy atom. The maximum absolute atomic E-state index is 12.3. The molecule has 1 aromatic carbocycles. The third-order valence-electron chi connectivity index (χ3n) is 4.92. The second-order valence-corrected chi connectivity index (χ2v) is 6.03. The van der Waals surface area contributed by atoms with Gasteiger partial charge in [-0.25, -0.2) is 0 Å². The molecule has 1 saturated carbocycles. The first-order valence-corrected chi connectivity index (χ1v) is 7.50. The third kappa shape index (κ3) is 2.37. The van der Waals surface area contributed by atoms with Crippen LogP contribution in [0.3, 0.4) is 0 Å². The predicted molar refractivity (Wildman–Crippen MR) is 77.2 cm³/mol. The first-order valence-electron chi connectivity index (χ1n) is 7.50. The summed E-state index contributed by atoms with van der Waals surface area (Å²) in [6.45, 7) is 2.47. The Balaban J connectivity index is 1.79. The summed E-state index contributed by atoms with van der Waals surface area (Å²) < 4.78 is 0. The van der Waals surface area contributed by atoms with Gasteiger partial charge in [0, 0.05) is 31.8 Å². The van der Waals surface area contributed by atoms with Crippen molar-refractivity contribution in [1.82, 2.24) is 4.90 Å². The third-order valence-corrected chi connectivity index (χ3v) is 4.92. The average Bonchev–Trinajstić information content (AvgIpc) is 2.87. The van der Waals surface area contributed by atoms with Gasteiger partial charge < -0.3 is 4.90 Å². The Kier molecular flexibility index (Phi) is 3.60. The summed E-state index contributed by atoms with van der Waals surface area (Å²) in [6, 6.07) is 10.5. The molecule has 0 aromatic heterocycles. The van der Waals surface area contributed by atoms with Crippen molar-refractivity contribution in [2.45, 2.75) is 38.6 Å². The minimum atomic E-state index is 0.0977. The molecule has 3 heteroatoms. The maximum atomic E-state index is 12.3. The molecule has 20 heavy (non-hydrogen) atoms. The molecule has 0 radical (unpaired) electrons. The van der Waals surface area contributed by atoms with Crippen molar-refractivity contribution in [2.24, 2.45) is 11.8 Å². The van der Waals surface area contributed by atoms with Crippen LogP contribution < -0.4 is 0 Å². The fraction of sp³-hybridized carbons (Fsp3) is 0.529. The summed E-state index contributed by atoms with van der Waals surface area (Å²) in [4.78, 5) is 26.0. The Morgan fingerprint density at radius 3 is 2.70 bits per heavy atom. The first-order chi connectivity index (χ1) is 9.66. The van der Waals surface area contributed by atoms with E-state index in [-0.39, 0.29) is 11.8 Å². The van der Waals surface area contributed by atoms with E-state index in [0.29, 0.717) is 24.2 Å². The van der Waals surface area contributed by atoms with Crippen LogP contribution in [0.15, 0.2) is 30.3 Å². The average molecular weight is 271 g/mol. The summed E-state index contributed by atoms with van der Waals surface area (Å²) in [5.74, 6) is 1.01. The molecule has 2 fully saturated rings. The largest absolute Gasteiger partial charge is 0.340 e. The number of fused-ring (bicyclic) bond motifs is 1. The number of ketones is 1. The van der Waals surface area contributed by atoms with Crippen LogP contribution in [0.5, 0.6) is 0 Å². The number of benzene rings is 1. The van der Waals surface area contributed by atoms with Crippen molar-refractivity contribution in [3.8, 4) is 0 Å². The molecule has 106 valence electrons. The SMILES string of the molecule is CC(=O)N1CC[C@@H]2[C@H]1CCC(=O)[C@@H]2Cc1ccccc1. The van der Waals surface area contributed by atoms with Gasteiger partial charge in [0.25, 0.3) is 0 Å². The molecule has 0 unspecified atom stereocenters. The van der Waals surface area contributed by atoms with Crippen molar-refractivity contribution in [3.05, 3.63) is 35.9 Å². The summed E-state index contributed by atoms with van der Waals surface area (Å²) in [6.07, 6.45) is 3.29. The van der Waals surface area contributed by atoms with E-state index in [4.69, 9.17) is 0 Å². The van der Waals surface area contributed by atoms with Crippen molar-refractivity contribution < 1.29 is 9.59 Å². The van der Waals surface area contributed by atoms with Gasteiger partial charge in [0.1, 0.15) is 5.78 Å². The van der Waals surface area contributed by atoms with Gasteiger partial charge in [0.2, 0.25) is 5.91 Å². The lowest BCUT2D eigenvalue weighted by Crippen LogP contribution is -2.44. The number of carbonyl (C=O) groups excluding carboxylic acids is 2. The van der Waals surface area contributed by atoms with E-state index >= 15 is 0 Å². The monoisotopic (exact) mass is 271 g/mol. The van der Waals surface area contributed by atoms with Gasteiger partial charge in [-0.05, 0) is 30.7 Å². The maximum Gasteiger partial charge on any atom is 0.219 e. The Labute approximate surface area is 120 Å². The summed E-state index contributed by atoms with van der Waals surface area (Å²) in [5.41, 5.74) is 1.23. The molecule has 1 aliphatic carbocycles. The molecule has 3 atom stereocenters. The minimum absolute atomic E-state index is 0.0977. The Hall–Kier alpha value is -1.64. The van der Waals surface area contributed by atoms with Gasteiger partial charge in [0.15, 0.2) is 0 Å². The quantitative estimate of drug-likeness (QED) is 0.828. The van der Waals surface area contributed by atoms with Gasteiger partial charge in [-0.15, -0.1) is 0 Å². The van der Waals surface area contributed by atoms with E-state index in [1.165, 1.54) is 5.56 Å². The van der Waals surface area contributed by atoms with E-state index in [2.05, 4.69) is 12.1 Å². The van der Waals surface area contributed by atoms with Crippen molar-refractivity contribution in [2.75, 3.05) is 6.54 Å². The smallest absolute Gasteiger partial charge is 0.219 e. The number of likely N-dealkylation sites (tertiary alicyclic amines) is 1. The van der Waals surface area contributed by atoms with Gasteiger partial charge in [-0.2, -0.15) is 0 Å². The van der Waals surface area contributed by atoms with Gasteiger partial charge in [0.05, 0.1) is 0 Å². The zero-order valence-corrected chi connectivity index (χ0v) is 11.9. The lowest BCUT2D eigenvalue weighted by atomic mass is 9.72. The number of amides is 1. The standard InChI is InChI=1S/C17H21NO2/c1-12(19)18-10-9-14-15(17(20)8-7-16(14)18)11-13-5-3-2-4-6-13/h2-6,14-16H,7-11H2,1H3/t14-,15+,16+/m0/s1. The lowest BCUT2D eigenvalue weighted by molar-refractivity contribution is -0.134. The molecule has 3 rings (SSSR count). The van der Waals surface area contributed by atoms with Crippen LogP contribution in [0.4, 0.5) is 0 Å². The molecular weight excluding hydrogens is 250 g/mol. The number of carbonyl (C=O) groups is 2. The van der Waals surface area contributed by atoms with E-state index in [1.54, 1.807) is 6.92 Å². The van der Waals surface area contributed by atoms with Crippen LogP contribution in [-0.4, -0.2) is 29.2 Å². The van der Waals surface area contributed by atoms with Crippen molar-refractivity contribution in [3.63, 3.8) is 0 Å². The molecular formula is C17H21NO2. The predicted octanol–water partition coefficient (Wildman–Crippen LogP) is 2.45. The second-order valence-electron chi connectivity index (χ2n) is 6.03. The topological polar surface area (TPSA) is 37.4 Å². The lowest BCUT2D eigenvalue weighted by Gasteiger charge is -2.36. The zero-order valence-electron chi connectivity index (χ0n) is 11.9. The van der Waals surface area contributed by atoms with E-state index in [9.17, 15) is 9.59 Å². The van der Waals surface area contributed by atoms with E-state index in [0.717, 1.165) is 25.8 Å². The molecule has 0 spiro atoms. The molecule has 1 aromatic rings. The molecule has 1 saturated heterocycles. The van der Waals surface area contributed by atoms with E-state index in [1.807, 2.05) is 23.1 Å². The first kappa shape index (κ1) is 13.3. The van der Waals surface area contributed by atoms with Crippen LogP contribution in [0.25, 0.3) is 0 Å². The van der Waals surface area contributed by atoms with Crippen LogP contribution >= 0.6 is 0 Å². The molecule has 1 aliphatic heterocycles. The molecule has 3 nitrogen and oxygen atoms in total. The highest BCUT2D eigenvalue weighted by atomic mass is 16.2. The summed E-state index contributed by atoms with van der Waals surface area (Å²) >= 11 is 0. The molecule has 2 aliphatic rings. The number of hydrogen-bond acceptors (Lipinski definition) is 2. The second kappa shape index (κ2) is 5.39. The van der Waals surface area contributed by atoms with Crippen LogP contribution in [0, 0.1) is 11.8 Å². The summed E-state index contributed by atoms with van der Waals surface area (Å²) in [7, 11) is 0. The molecule has 1 heterocycles. The Bertz CT molecular complexity index is 511. The van der Waals surface area contributed by atoms with Crippen molar-refractivity contribution in [1.29, 1.82) is 0 Å². The zero-order chi connectivity index (χ0) is 14.1. The molecule has 0 N–H and O–H groups in total. The van der Waals surface area contributed by atoms with E-state index < -0.39 is 0 Å². The number of Topliss-reactive ketones (excluding diaryl/α,β-unsaturated/α-hetero) is 1.